The lowest BCUT2D eigenvalue weighted by Crippen LogP contribution is -2.52. The summed E-state index contributed by atoms with van der Waals surface area (Å²) >= 11 is 0. The second-order valence-electron chi connectivity index (χ2n) is 8.17. The summed E-state index contributed by atoms with van der Waals surface area (Å²) in [5, 5.41) is 2.64. The number of nitrogens with zero attached hydrogens (tertiary/aromatic N) is 1. The molecule has 190 valence electrons. The number of benzene rings is 1. The third kappa shape index (κ3) is 9.30. The molecule has 0 saturated carbocycles. The average molecular weight is 498 g/mol. The van der Waals surface area contributed by atoms with E-state index in [2.05, 4.69) is 10.0 Å². The zero-order valence-electron chi connectivity index (χ0n) is 19.8. The van der Waals surface area contributed by atoms with Gasteiger partial charge in [-0.2, -0.15) is 4.72 Å². The van der Waals surface area contributed by atoms with E-state index in [1.165, 1.54) is 4.90 Å². The van der Waals surface area contributed by atoms with Crippen LogP contribution in [0.1, 0.15) is 45.1 Å². The summed E-state index contributed by atoms with van der Waals surface area (Å²) < 4.78 is 37.1. The van der Waals surface area contributed by atoms with Gasteiger partial charge in [-0.1, -0.05) is 43.7 Å². The number of likely N-dealkylation sites (tertiary alicyclic amines) is 1. The molecular formula is C23H35N3O7S. The largest absolute Gasteiger partial charge is 0.465 e. The molecule has 11 heteroatoms. The Kier molecular flexibility index (Phi) is 11.3. The van der Waals surface area contributed by atoms with Gasteiger partial charge in [0.25, 0.3) is 0 Å². The van der Waals surface area contributed by atoms with Gasteiger partial charge in [-0.15, -0.1) is 0 Å². The Labute approximate surface area is 201 Å². The first-order valence-electron chi connectivity index (χ1n) is 11.7. The van der Waals surface area contributed by atoms with Crippen molar-refractivity contribution in [1.29, 1.82) is 0 Å². The van der Waals surface area contributed by atoms with Crippen molar-refractivity contribution in [1.82, 2.24) is 14.9 Å². The van der Waals surface area contributed by atoms with E-state index in [1.54, 1.807) is 6.92 Å². The van der Waals surface area contributed by atoms with Crippen LogP contribution in [0.25, 0.3) is 0 Å². The number of hydrogen-bond donors (Lipinski definition) is 2. The summed E-state index contributed by atoms with van der Waals surface area (Å²) in [5.41, 5.74) is 0.869. The van der Waals surface area contributed by atoms with E-state index in [9.17, 15) is 22.8 Å². The molecule has 1 aromatic carbocycles. The summed E-state index contributed by atoms with van der Waals surface area (Å²) in [7, 11) is -3.70. The number of sulfonamides is 1. The number of carbonyl (C=O) groups is 3. The quantitative estimate of drug-likeness (QED) is 0.421. The maximum atomic E-state index is 12.7. The molecule has 0 aliphatic carbocycles. The second-order valence-corrected chi connectivity index (χ2v) is 10.0. The zero-order valence-corrected chi connectivity index (χ0v) is 20.6. The highest BCUT2D eigenvalue weighted by molar-refractivity contribution is 7.89. The van der Waals surface area contributed by atoms with Crippen LogP contribution in [0.2, 0.25) is 0 Å². The molecule has 0 spiro atoms. The van der Waals surface area contributed by atoms with Crippen LogP contribution in [0.5, 0.6) is 0 Å². The summed E-state index contributed by atoms with van der Waals surface area (Å²) in [6.45, 7) is 4.15. The van der Waals surface area contributed by atoms with Crippen LogP contribution in [0.3, 0.4) is 0 Å². The molecule has 2 amide bonds. The van der Waals surface area contributed by atoms with Crippen molar-refractivity contribution in [2.45, 2.75) is 52.2 Å². The van der Waals surface area contributed by atoms with Crippen molar-refractivity contribution in [3.05, 3.63) is 35.9 Å². The highest BCUT2D eigenvalue weighted by Crippen LogP contribution is 2.18. The molecule has 0 radical (unpaired) electrons. The Hall–Kier alpha value is -2.66. The fourth-order valence-electron chi connectivity index (χ4n) is 3.54. The molecule has 1 unspecified atom stereocenters. The van der Waals surface area contributed by atoms with E-state index in [0.717, 1.165) is 5.56 Å². The minimum absolute atomic E-state index is 0.0860. The monoisotopic (exact) mass is 497 g/mol. The number of amides is 2. The minimum atomic E-state index is -3.70. The van der Waals surface area contributed by atoms with Gasteiger partial charge in [0.15, 0.2) is 0 Å². The van der Waals surface area contributed by atoms with Gasteiger partial charge in [0.1, 0.15) is 12.6 Å². The first-order chi connectivity index (χ1) is 16.3. The lowest BCUT2D eigenvalue weighted by molar-refractivity contribution is -0.145. The van der Waals surface area contributed by atoms with Crippen molar-refractivity contribution in [2.24, 2.45) is 5.92 Å². The topological polar surface area (TPSA) is 131 Å². The summed E-state index contributed by atoms with van der Waals surface area (Å²) in [6, 6.07) is 8.09. The lowest BCUT2D eigenvalue weighted by atomic mass is 9.97. The molecule has 1 heterocycles. The highest BCUT2D eigenvalue weighted by Gasteiger charge is 2.31. The fraction of sp³-hybridized carbons (Fsp3) is 0.609. The number of piperidine rings is 1. The summed E-state index contributed by atoms with van der Waals surface area (Å²) in [6.07, 6.45) is 1.85. The van der Waals surface area contributed by atoms with Crippen molar-refractivity contribution in [3.63, 3.8) is 0 Å². The Bertz CT molecular complexity index is 908. The fourth-order valence-corrected chi connectivity index (χ4v) is 4.94. The van der Waals surface area contributed by atoms with Gasteiger partial charge >= 0.3 is 12.1 Å². The van der Waals surface area contributed by atoms with Crippen molar-refractivity contribution < 1.29 is 32.3 Å². The third-order valence-electron chi connectivity index (χ3n) is 5.40. The van der Waals surface area contributed by atoms with Gasteiger partial charge in [0.2, 0.25) is 15.9 Å². The van der Waals surface area contributed by atoms with Crippen LogP contribution in [0.15, 0.2) is 30.3 Å². The zero-order chi connectivity index (χ0) is 25.0. The van der Waals surface area contributed by atoms with Crippen molar-refractivity contribution in [2.75, 3.05) is 32.0 Å². The molecule has 10 nitrogen and oxygen atoms in total. The molecule has 1 aliphatic heterocycles. The van der Waals surface area contributed by atoms with Crippen molar-refractivity contribution in [3.8, 4) is 0 Å². The number of carbonyl (C=O) groups excluding carboxylic acids is 3. The van der Waals surface area contributed by atoms with Crippen LogP contribution in [-0.4, -0.2) is 69.3 Å². The molecule has 0 bridgehead atoms. The second kappa shape index (κ2) is 13.9. The maximum absolute atomic E-state index is 12.7. The Morgan fingerprint density at radius 2 is 1.88 bits per heavy atom. The summed E-state index contributed by atoms with van der Waals surface area (Å²) in [4.78, 5) is 38.9. The highest BCUT2D eigenvalue weighted by atomic mass is 32.2. The Balaban J connectivity index is 1.90. The van der Waals surface area contributed by atoms with Crippen LogP contribution in [0, 0.1) is 5.92 Å². The van der Waals surface area contributed by atoms with Crippen LogP contribution < -0.4 is 10.0 Å². The van der Waals surface area contributed by atoms with E-state index in [0.29, 0.717) is 32.2 Å². The third-order valence-corrected chi connectivity index (χ3v) is 6.87. The first-order valence-corrected chi connectivity index (χ1v) is 13.3. The maximum Gasteiger partial charge on any atom is 0.410 e. The molecule has 0 aromatic heterocycles. The molecule has 2 atom stereocenters. The molecule has 34 heavy (non-hydrogen) atoms. The number of nitrogens with one attached hydrogen (secondary N) is 2. The van der Waals surface area contributed by atoms with Crippen LogP contribution in [-0.2, 0) is 35.7 Å². The van der Waals surface area contributed by atoms with E-state index in [-0.39, 0.29) is 38.0 Å². The molecular weight excluding hydrogens is 462 g/mol. The number of ether oxygens (including phenoxy) is 2. The number of unbranched alkanes of at least 4 members (excludes halogenated alkanes) is 1. The standard InChI is InChI=1S/C23H35N3O7S/c1-3-5-14-34(30,31)25-20(22(28)32-4-2)15-24-21(27)19-12-9-13-26(16-19)23(29)33-17-18-10-7-6-8-11-18/h6-8,10-11,19-20,25H,3-5,9,12-17H2,1-2H3,(H,24,27)/t19-,20?/m1/s1. The molecule has 2 rings (SSSR count). The molecule has 2 N–H and O–H groups in total. The van der Waals surface area contributed by atoms with E-state index in [1.807, 2.05) is 37.3 Å². The van der Waals surface area contributed by atoms with Crippen molar-refractivity contribution >= 4 is 28.0 Å². The SMILES string of the molecule is CCCCS(=O)(=O)NC(CNC(=O)[C@@H]1CCCN(C(=O)OCc2ccccc2)C1)C(=O)OCC. The molecule has 1 aliphatic rings. The first kappa shape index (κ1) is 27.6. The van der Waals surface area contributed by atoms with Gasteiger partial charge in [-0.25, -0.2) is 13.2 Å². The predicted octanol–water partition coefficient (Wildman–Crippen LogP) is 1.80. The smallest absolute Gasteiger partial charge is 0.410 e. The van der Waals surface area contributed by atoms with Gasteiger partial charge in [0.05, 0.1) is 18.3 Å². The van der Waals surface area contributed by atoms with Gasteiger partial charge in [-0.05, 0) is 31.7 Å². The minimum Gasteiger partial charge on any atom is -0.465 e. The Morgan fingerprint density at radius 1 is 1.15 bits per heavy atom. The van der Waals surface area contributed by atoms with Gasteiger partial charge < -0.3 is 19.7 Å². The summed E-state index contributed by atoms with van der Waals surface area (Å²) in [5.74, 6) is -1.71. The Morgan fingerprint density at radius 3 is 2.56 bits per heavy atom. The van der Waals surface area contributed by atoms with E-state index in [4.69, 9.17) is 9.47 Å². The average Bonchev–Trinajstić information content (AvgIpc) is 2.84. The van der Waals surface area contributed by atoms with Gasteiger partial charge in [0, 0.05) is 19.6 Å². The lowest BCUT2D eigenvalue weighted by Gasteiger charge is -2.31. The number of rotatable bonds is 12. The van der Waals surface area contributed by atoms with E-state index < -0.39 is 34.0 Å². The molecule has 1 saturated heterocycles. The molecule has 1 fully saturated rings. The van der Waals surface area contributed by atoms with Crippen LogP contribution >= 0.6 is 0 Å². The normalized spacial score (nSPS) is 17.0. The number of hydrogen-bond acceptors (Lipinski definition) is 7. The van der Waals surface area contributed by atoms with E-state index >= 15 is 0 Å². The van der Waals surface area contributed by atoms with Crippen LogP contribution in [0.4, 0.5) is 4.79 Å². The predicted molar refractivity (Wildman–Crippen MR) is 126 cm³/mol. The van der Waals surface area contributed by atoms with Gasteiger partial charge in [-0.3, -0.25) is 9.59 Å². The molecule has 1 aromatic rings. The number of esters is 1.